The molecule has 0 aliphatic heterocycles. The van der Waals surface area contributed by atoms with Crippen molar-refractivity contribution < 1.29 is 14.6 Å². The summed E-state index contributed by atoms with van der Waals surface area (Å²) in [6.07, 6.45) is 0. The molecule has 2 heterocycles. The molecule has 0 amide bonds. The van der Waals surface area contributed by atoms with Crippen LogP contribution in [-0.4, -0.2) is 16.1 Å². The van der Waals surface area contributed by atoms with Gasteiger partial charge in [0.25, 0.3) is 0 Å². The van der Waals surface area contributed by atoms with E-state index in [0.717, 1.165) is 26.6 Å². The van der Waals surface area contributed by atoms with Crippen LogP contribution in [0.25, 0.3) is 10.2 Å². The van der Waals surface area contributed by atoms with E-state index in [-0.39, 0.29) is 4.88 Å². The predicted octanol–water partition coefficient (Wildman–Crippen LogP) is 3.64. The first-order chi connectivity index (χ1) is 9.22. The number of thiazole rings is 1. The SMILES string of the molecule is O=C(O)c1cc(OCc2nc3ccccc3s2)cs1. The number of nitrogens with zero attached hydrogens (tertiary/aromatic N) is 1. The first-order valence-corrected chi connectivity index (χ1v) is 7.21. The number of aromatic nitrogens is 1. The van der Waals surface area contributed by atoms with Gasteiger partial charge in [-0.15, -0.1) is 22.7 Å². The molecule has 0 spiro atoms. The second-order valence-corrected chi connectivity index (χ2v) is 5.84. The highest BCUT2D eigenvalue weighted by atomic mass is 32.1. The summed E-state index contributed by atoms with van der Waals surface area (Å²) < 4.78 is 6.67. The van der Waals surface area contributed by atoms with Crippen LogP contribution in [0.3, 0.4) is 0 Å². The van der Waals surface area contributed by atoms with Gasteiger partial charge < -0.3 is 9.84 Å². The lowest BCUT2D eigenvalue weighted by atomic mass is 10.3. The van der Waals surface area contributed by atoms with Crippen molar-refractivity contribution in [1.82, 2.24) is 4.98 Å². The van der Waals surface area contributed by atoms with E-state index in [1.54, 1.807) is 16.7 Å². The topological polar surface area (TPSA) is 59.4 Å². The normalized spacial score (nSPS) is 10.7. The summed E-state index contributed by atoms with van der Waals surface area (Å²) in [5, 5.41) is 11.4. The Kier molecular flexibility index (Phi) is 3.18. The van der Waals surface area contributed by atoms with Crippen LogP contribution in [0.15, 0.2) is 35.7 Å². The van der Waals surface area contributed by atoms with Crippen molar-refractivity contribution in [3.8, 4) is 5.75 Å². The van der Waals surface area contributed by atoms with Crippen LogP contribution in [0.1, 0.15) is 14.7 Å². The van der Waals surface area contributed by atoms with Gasteiger partial charge in [0.05, 0.1) is 10.2 Å². The zero-order valence-corrected chi connectivity index (χ0v) is 11.3. The van der Waals surface area contributed by atoms with E-state index in [4.69, 9.17) is 9.84 Å². The maximum absolute atomic E-state index is 10.8. The van der Waals surface area contributed by atoms with Crippen LogP contribution in [-0.2, 0) is 6.61 Å². The van der Waals surface area contributed by atoms with Crippen molar-refractivity contribution in [2.75, 3.05) is 0 Å². The van der Waals surface area contributed by atoms with Crippen LogP contribution in [0, 0.1) is 0 Å². The largest absolute Gasteiger partial charge is 0.486 e. The lowest BCUT2D eigenvalue weighted by Gasteiger charge is -1.99. The molecule has 0 aliphatic carbocycles. The van der Waals surface area contributed by atoms with E-state index < -0.39 is 5.97 Å². The molecule has 2 aromatic heterocycles. The van der Waals surface area contributed by atoms with Gasteiger partial charge in [-0.05, 0) is 12.1 Å². The zero-order chi connectivity index (χ0) is 13.2. The van der Waals surface area contributed by atoms with Crippen molar-refractivity contribution in [1.29, 1.82) is 0 Å². The van der Waals surface area contributed by atoms with Crippen LogP contribution < -0.4 is 4.74 Å². The molecule has 19 heavy (non-hydrogen) atoms. The Balaban J connectivity index is 1.72. The highest BCUT2D eigenvalue weighted by Gasteiger charge is 2.09. The highest BCUT2D eigenvalue weighted by Crippen LogP contribution is 2.25. The minimum absolute atomic E-state index is 0.277. The third-order valence-electron chi connectivity index (χ3n) is 2.49. The van der Waals surface area contributed by atoms with Crippen molar-refractivity contribution >= 4 is 38.9 Å². The molecule has 0 saturated heterocycles. The Bertz CT molecular complexity index is 699. The lowest BCUT2D eigenvalue weighted by molar-refractivity contribution is 0.0702. The standard InChI is InChI=1S/C13H9NO3S2/c15-13(16)11-5-8(7-18-11)17-6-12-14-9-3-1-2-4-10(9)19-12/h1-5,7H,6H2,(H,15,16). The lowest BCUT2D eigenvalue weighted by Crippen LogP contribution is -1.94. The summed E-state index contributed by atoms with van der Waals surface area (Å²) in [6.45, 7) is 0.356. The summed E-state index contributed by atoms with van der Waals surface area (Å²) in [5.74, 6) is -0.360. The Morgan fingerprint density at radius 3 is 2.95 bits per heavy atom. The fraction of sp³-hybridized carbons (Fsp3) is 0.0769. The van der Waals surface area contributed by atoms with Crippen molar-refractivity contribution in [2.24, 2.45) is 0 Å². The molecule has 0 unspecified atom stereocenters. The number of hydrogen-bond acceptors (Lipinski definition) is 5. The fourth-order valence-electron chi connectivity index (χ4n) is 1.63. The van der Waals surface area contributed by atoms with Gasteiger partial charge in [-0.2, -0.15) is 0 Å². The summed E-state index contributed by atoms with van der Waals surface area (Å²) in [6, 6.07) is 9.43. The van der Waals surface area contributed by atoms with Gasteiger partial charge >= 0.3 is 5.97 Å². The molecule has 1 N–H and O–H groups in total. The molecule has 0 saturated carbocycles. The minimum atomic E-state index is -0.931. The first-order valence-electron chi connectivity index (χ1n) is 5.51. The summed E-state index contributed by atoms with van der Waals surface area (Å²) in [4.78, 5) is 15.5. The Morgan fingerprint density at radius 2 is 2.21 bits per heavy atom. The monoisotopic (exact) mass is 291 g/mol. The molecule has 4 nitrogen and oxygen atoms in total. The molecule has 6 heteroatoms. The van der Waals surface area contributed by atoms with E-state index >= 15 is 0 Å². The second kappa shape index (κ2) is 4.99. The van der Waals surface area contributed by atoms with E-state index in [1.165, 1.54) is 6.07 Å². The zero-order valence-electron chi connectivity index (χ0n) is 9.70. The first kappa shape index (κ1) is 12.1. The number of fused-ring (bicyclic) bond motifs is 1. The van der Waals surface area contributed by atoms with Crippen molar-refractivity contribution in [3.63, 3.8) is 0 Å². The number of benzene rings is 1. The molecule has 0 aliphatic rings. The van der Waals surface area contributed by atoms with Crippen LogP contribution in [0.2, 0.25) is 0 Å². The molecule has 1 aromatic carbocycles. The van der Waals surface area contributed by atoms with Gasteiger partial charge in [0.2, 0.25) is 0 Å². The number of para-hydroxylation sites is 1. The summed E-state index contributed by atoms with van der Waals surface area (Å²) >= 11 is 2.74. The number of carboxylic acids is 1. The predicted molar refractivity (Wildman–Crippen MR) is 75.2 cm³/mol. The Hall–Kier alpha value is -1.92. The number of rotatable bonds is 4. The molecular formula is C13H9NO3S2. The minimum Gasteiger partial charge on any atom is -0.486 e. The van der Waals surface area contributed by atoms with Gasteiger partial charge in [-0.1, -0.05) is 12.1 Å². The molecule has 0 atom stereocenters. The molecule has 96 valence electrons. The number of carboxylic acid groups (broad SMARTS) is 1. The molecule has 0 fully saturated rings. The fourth-order valence-corrected chi connectivity index (χ4v) is 3.18. The molecule has 3 aromatic rings. The van der Waals surface area contributed by atoms with Gasteiger partial charge in [0, 0.05) is 11.4 Å². The molecule has 0 radical (unpaired) electrons. The number of thiophene rings is 1. The third-order valence-corrected chi connectivity index (χ3v) is 4.39. The number of aromatic carboxylic acids is 1. The van der Waals surface area contributed by atoms with Crippen molar-refractivity contribution in [3.05, 3.63) is 45.6 Å². The average Bonchev–Trinajstić information content (AvgIpc) is 3.02. The Morgan fingerprint density at radius 1 is 1.37 bits per heavy atom. The maximum atomic E-state index is 10.8. The average molecular weight is 291 g/mol. The van der Waals surface area contributed by atoms with Crippen LogP contribution in [0.4, 0.5) is 0 Å². The molecule has 3 rings (SSSR count). The highest BCUT2D eigenvalue weighted by molar-refractivity contribution is 7.18. The van der Waals surface area contributed by atoms with Gasteiger partial charge in [0.15, 0.2) is 0 Å². The summed E-state index contributed by atoms with van der Waals surface area (Å²) in [7, 11) is 0. The maximum Gasteiger partial charge on any atom is 0.346 e. The van der Waals surface area contributed by atoms with Crippen molar-refractivity contribution in [2.45, 2.75) is 6.61 Å². The molecule has 0 bridgehead atoms. The van der Waals surface area contributed by atoms with Gasteiger partial charge in [-0.3, -0.25) is 0 Å². The third kappa shape index (κ3) is 2.59. The van der Waals surface area contributed by atoms with E-state index in [2.05, 4.69) is 4.98 Å². The van der Waals surface area contributed by atoms with Crippen LogP contribution >= 0.6 is 22.7 Å². The quantitative estimate of drug-likeness (QED) is 0.797. The van der Waals surface area contributed by atoms with Crippen LogP contribution in [0.5, 0.6) is 5.75 Å². The smallest absolute Gasteiger partial charge is 0.346 e. The number of hydrogen-bond donors (Lipinski definition) is 1. The summed E-state index contributed by atoms with van der Waals surface area (Å²) in [5.41, 5.74) is 0.961. The molecular weight excluding hydrogens is 282 g/mol. The van der Waals surface area contributed by atoms with Gasteiger partial charge in [0.1, 0.15) is 22.2 Å². The van der Waals surface area contributed by atoms with E-state index in [9.17, 15) is 4.79 Å². The second-order valence-electron chi connectivity index (χ2n) is 3.82. The van der Waals surface area contributed by atoms with E-state index in [1.807, 2.05) is 24.3 Å². The van der Waals surface area contributed by atoms with E-state index in [0.29, 0.717) is 12.4 Å². The number of ether oxygens (including phenoxy) is 1. The number of carbonyl (C=O) groups is 1. The Labute approximate surface area is 116 Å². The van der Waals surface area contributed by atoms with Gasteiger partial charge in [-0.25, -0.2) is 9.78 Å².